The van der Waals surface area contributed by atoms with Crippen LogP contribution in [0.4, 0.5) is 0 Å². The van der Waals surface area contributed by atoms with E-state index in [-0.39, 0.29) is 36.2 Å². The number of carbonyl (C=O) groups is 3. The van der Waals surface area contributed by atoms with E-state index in [0.29, 0.717) is 19.3 Å². The summed E-state index contributed by atoms with van der Waals surface area (Å²) < 4.78 is 17.3. The van der Waals surface area contributed by atoms with E-state index in [0.717, 1.165) is 109 Å². The van der Waals surface area contributed by atoms with Crippen molar-refractivity contribution < 1.29 is 38.2 Å². The van der Waals surface area contributed by atoms with Crippen LogP contribution in [-0.2, 0) is 28.6 Å². The highest BCUT2D eigenvalue weighted by Gasteiger charge is 2.31. The van der Waals surface area contributed by atoms with Gasteiger partial charge in [-0.25, -0.2) is 4.79 Å². The molecule has 0 saturated heterocycles. The normalized spacial score (nSPS) is 13.7. The van der Waals surface area contributed by atoms with Gasteiger partial charge in [0.15, 0.2) is 12.1 Å². The van der Waals surface area contributed by atoms with E-state index in [1.165, 1.54) is 44.9 Å². The number of hydrogen-bond acceptors (Lipinski definition) is 6. The van der Waals surface area contributed by atoms with Crippen LogP contribution in [0, 0.1) is 0 Å². The quantitative estimate of drug-likeness (QED) is 0.0281. The Balaban J connectivity index is 4.32. The Hall–Kier alpha value is -3.75. The number of nitrogens with zero attached hydrogens (tertiary/aromatic N) is 1. The summed E-state index contributed by atoms with van der Waals surface area (Å²) in [6, 6.07) is -0.625. The van der Waals surface area contributed by atoms with E-state index in [4.69, 9.17) is 14.2 Å². The molecule has 0 bridgehead atoms. The Morgan fingerprint density at radius 2 is 0.828 bits per heavy atom. The molecule has 1 N–H and O–H groups in total. The first-order valence-corrected chi connectivity index (χ1v) is 25.3. The molecule has 2 unspecified atom stereocenters. The number of aliphatic carboxylic acids is 1. The van der Waals surface area contributed by atoms with Gasteiger partial charge in [0.05, 0.1) is 34.4 Å². The van der Waals surface area contributed by atoms with E-state index in [1.807, 2.05) is 21.1 Å². The maximum absolute atomic E-state index is 12.8. The lowest BCUT2D eigenvalue weighted by molar-refractivity contribution is -0.887. The van der Waals surface area contributed by atoms with Crippen LogP contribution in [0.3, 0.4) is 0 Å². The van der Waals surface area contributed by atoms with Gasteiger partial charge in [-0.1, -0.05) is 175 Å². The Labute approximate surface area is 392 Å². The third kappa shape index (κ3) is 43.5. The summed E-state index contributed by atoms with van der Waals surface area (Å²) in [4.78, 5) is 37.2. The van der Waals surface area contributed by atoms with Crippen molar-refractivity contribution in [1.29, 1.82) is 0 Å². The maximum atomic E-state index is 12.8. The number of allylic oxidation sites excluding steroid dienone is 16. The minimum absolute atomic E-state index is 0.0473. The van der Waals surface area contributed by atoms with Gasteiger partial charge in [-0.2, -0.15) is 0 Å². The summed E-state index contributed by atoms with van der Waals surface area (Å²) in [7, 11) is 5.52. The molecule has 0 aliphatic heterocycles. The molecule has 0 rings (SSSR count). The number of rotatable bonds is 44. The second-order valence-electron chi connectivity index (χ2n) is 17.7. The predicted molar refractivity (Wildman–Crippen MR) is 270 cm³/mol. The van der Waals surface area contributed by atoms with Crippen molar-refractivity contribution in [3.8, 4) is 0 Å². The number of esters is 2. The second kappa shape index (κ2) is 45.8. The van der Waals surface area contributed by atoms with Crippen LogP contribution in [0.15, 0.2) is 97.2 Å². The third-order valence-corrected chi connectivity index (χ3v) is 10.7. The molecule has 0 radical (unpaired) electrons. The highest BCUT2D eigenvalue weighted by molar-refractivity contribution is 5.72. The monoisotopic (exact) mass is 893 g/mol. The lowest BCUT2D eigenvalue weighted by Gasteiger charge is -2.31. The number of carboxylic acids is 1. The van der Waals surface area contributed by atoms with Crippen molar-refractivity contribution in [2.75, 3.05) is 41.0 Å². The van der Waals surface area contributed by atoms with Crippen LogP contribution in [0.2, 0.25) is 0 Å². The summed E-state index contributed by atoms with van der Waals surface area (Å²) in [5.74, 6) is -1.50. The van der Waals surface area contributed by atoms with Gasteiger partial charge in [-0.15, -0.1) is 0 Å². The van der Waals surface area contributed by atoms with E-state index in [2.05, 4.69) is 111 Å². The molecule has 0 aromatic carbocycles. The van der Waals surface area contributed by atoms with Gasteiger partial charge in [-0.3, -0.25) is 9.59 Å². The van der Waals surface area contributed by atoms with Crippen LogP contribution in [-0.4, -0.2) is 80.6 Å². The maximum Gasteiger partial charge on any atom is 0.362 e. The molecule has 0 heterocycles. The highest BCUT2D eigenvalue weighted by atomic mass is 16.6. The molecular weight excluding hydrogens is 799 g/mol. The number of carbonyl (C=O) groups excluding carboxylic acids is 2. The first kappa shape index (κ1) is 60.2. The zero-order valence-electron chi connectivity index (χ0n) is 41.4. The predicted octanol–water partition coefficient (Wildman–Crippen LogP) is 14.6. The number of quaternary nitrogens is 1. The van der Waals surface area contributed by atoms with E-state index in [9.17, 15) is 19.5 Å². The highest BCUT2D eigenvalue weighted by Crippen LogP contribution is 2.14. The average Bonchev–Trinajstić information content (AvgIpc) is 3.26. The first-order chi connectivity index (χ1) is 31.1. The Morgan fingerprint density at radius 1 is 0.469 bits per heavy atom. The van der Waals surface area contributed by atoms with Crippen LogP contribution in [0.5, 0.6) is 0 Å². The molecule has 0 amide bonds. The second-order valence-corrected chi connectivity index (χ2v) is 17.7. The number of carboxylic acid groups (broad SMARTS) is 1. The number of likely N-dealkylation sites (N-methyl/N-ethyl adjacent to an activating group) is 1. The number of unbranched alkanes of at least 4 members (excludes halogenated alkanes) is 14. The smallest absolute Gasteiger partial charge is 0.362 e. The zero-order chi connectivity index (χ0) is 47.0. The van der Waals surface area contributed by atoms with Crippen molar-refractivity contribution in [3.63, 3.8) is 0 Å². The van der Waals surface area contributed by atoms with E-state index >= 15 is 0 Å². The van der Waals surface area contributed by atoms with Gasteiger partial charge in [0.1, 0.15) is 6.61 Å². The van der Waals surface area contributed by atoms with E-state index in [1.54, 1.807) is 0 Å². The Kier molecular flexibility index (Phi) is 43.1. The Bertz CT molecular complexity index is 1360. The molecule has 8 heteroatoms. The minimum atomic E-state index is -0.882. The van der Waals surface area contributed by atoms with Crippen molar-refractivity contribution >= 4 is 17.9 Å². The topological polar surface area (TPSA) is 99.1 Å². The van der Waals surface area contributed by atoms with Gasteiger partial charge in [-0.05, 0) is 89.9 Å². The summed E-state index contributed by atoms with van der Waals surface area (Å²) in [5.41, 5.74) is 0. The molecule has 364 valence electrons. The Morgan fingerprint density at radius 3 is 1.22 bits per heavy atom. The molecular formula is C56H94NO7+. The number of ether oxygens (including phenoxy) is 3. The fourth-order valence-electron chi connectivity index (χ4n) is 6.90. The summed E-state index contributed by atoms with van der Waals surface area (Å²) in [5, 5.41) is 9.66. The van der Waals surface area contributed by atoms with E-state index < -0.39 is 18.1 Å². The molecule has 0 aromatic heterocycles. The molecule has 64 heavy (non-hydrogen) atoms. The fourth-order valence-corrected chi connectivity index (χ4v) is 6.90. The largest absolute Gasteiger partial charge is 0.477 e. The molecule has 0 aliphatic rings. The van der Waals surface area contributed by atoms with Gasteiger partial charge in [0, 0.05) is 19.3 Å². The summed E-state index contributed by atoms with van der Waals surface area (Å²) >= 11 is 0. The third-order valence-electron chi connectivity index (χ3n) is 10.7. The molecule has 8 nitrogen and oxygen atoms in total. The summed E-state index contributed by atoms with van der Waals surface area (Å²) in [6.07, 6.45) is 61.6. The molecule has 0 spiro atoms. The van der Waals surface area contributed by atoms with Crippen molar-refractivity contribution in [3.05, 3.63) is 97.2 Å². The lowest BCUT2D eigenvalue weighted by atomic mass is 10.1. The van der Waals surface area contributed by atoms with Gasteiger partial charge in [0.25, 0.3) is 0 Å². The summed E-state index contributed by atoms with van der Waals surface area (Å²) in [6.45, 7) is 4.48. The first-order valence-electron chi connectivity index (χ1n) is 25.3. The SMILES string of the molecule is CC/C=C\C/C=C\C/C=C\C/C=C\CCCCCCCCCCC(=O)OC(COCCC(C(=O)O)[N+](C)(C)C)COC(=O)CCCCCCCC/C=C\C/C=C\C/C=C\C/C=C\CC. The van der Waals surface area contributed by atoms with Crippen molar-refractivity contribution in [1.82, 2.24) is 0 Å². The standard InChI is InChI=1S/C56H93NO7/c1-6-8-10-12-14-16-18-20-22-24-26-27-29-31-33-35-37-39-41-43-45-47-55(59)64-52(50-62-49-48-53(56(60)61)57(3,4)5)51-63-54(58)46-44-42-40-38-36-34-32-30-28-25-23-21-19-17-15-13-11-9-7-2/h8-11,14-17,20-23,26-28,30,52-53H,6-7,12-13,18-19,24-25,29,31-51H2,1-5H3/p+1/b10-8-,11-9-,16-14-,17-15-,22-20-,23-21-,27-26-,30-28-. The van der Waals surface area contributed by atoms with Crippen molar-refractivity contribution in [2.45, 2.75) is 199 Å². The minimum Gasteiger partial charge on any atom is -0.477 e. The van der Waals surface area contributed by atoms with Crippen LogP contribution >= 0.6 is 0 Å². The fraction of sp³-hybridized carbons (Fsp3) is 0.661. The molecule has 0 saturated carbocycles. The lowest BCUT2D eigenvalue weighted by Crippen LogP contribution is -2.50. The molecule has 0 fully saturated rings. The molecule has 2 atom stereocenters. The molecule has 0 aromatic rings. The van der Waals surface area contributed by atoms with Crippen LogP contribution in [0.25, 0.3) is 0 Å². The molecule has 0 aliphatic carbocycles. The number of hydrogen-bond donors (Lipinski definition) is 1. The van der Waals surface area contributed by atoms with Gasteiger partial charge >= 0.3 is 17.9 Å². The average molecular weight is 893 g/mol. The van der Waals surface area contributed by atoms with Gasteiger partial charge < -0.3 is 23.8 Å². The van der Waals surface area contributed by atoms with Gasteiger partial charge in [0.2, 0.25) is 0 Å². The van der Waals surface area contributed by atoms with Crippen molar-refractivity contribution in [2.24, 2.45) is 0 Å². The van der Waals surface area contributed by atoms with Crippen LogP contribution < -0.4 is 0 Å². The zero-order valence-corrected chi connectivity index (χ0v) is 41.4. The van der Waals surface area contributed by atoms with Crippen LogP contribution in [0.1, 0.15) is 187 Å².